The van der Waals surface area contributed by atoms with Crippen LogP contribution >= 0.6 is 31.9 Å². The van der Waals surface area contributed by atoms with Gasteiger partial charge in [0.05, 0.1) is 17.0 Å². The smallest absolute Gasteiger partial charge is 0.134 e. The molecule has 5 heteroatoms. The molecular formula is C9H8Br2N2O. The predicted molar refractivity (Wildman–Crippen MR) is 60.7 cm³/mol. The third-order valence-electron chi connectivity index (χ3n) is 1.77. The lowest BCUT2D eigenvalue weighted by molar-refractivity contribution is 0.458. The number of halogens is 2. The largest absolute Gasteiger partial charge is 0.506 e. The van der Waals surface area contributed by atoms with Gasteiger partial charge in [0.15, 0.2) is 0 Å². The van der Waals surface area contributed by atoms with Crippen molar-refractivity contribution in [3.63, 3.8) is 0 Å². The Labute approximate surface area is 98.8 Å². The fraction of sp³-hybridized carbons (Fsp3) is 0.222. The van der Waals surface area contributed by atoms with Crippen LogP contribution in [-0.4, -0.2) is 5.11 Å². The second-order valence-electron chi connectivity index (χ2n) is 2.79. The summed E-state index contributed by atoms with van der Waals surface area (Å²) in [5.41, 5.74) is 6.28. The highest BCUT2D eigenvalue weighted by molar-refractivity contribution is 9.11. The number of phenolic OH excluding ortho intramolecular Hbond substituents is 1. The summed E-state index contributed by atoms with van der Waals surface area (Å²) in [5.74, 6) is 0.0935. The maximum atomic E-state index is 9.66. The van der Waals surface area contributed by atoms with E-state index in [0.717, 1.165) is 4.47 Å². The van der Waals surface area contributed by atoms with Gasteiger partial charge in [-0.15, -0.1) is 0 Å². The Kier molecular flexibility index (Phi) is 3.93. The van der Waals surface area contributed by atoms with Crippen LogP contribution in [-0.2, 0) is 0 Å². The highest BCUT2D eigenvalue weighted by Gasteiger charge is 2.13. The van der Waals surface area contributed by atoms with Crippen LogP contribution < -0.4 is 5.73 Å². The first-order valence-electron chi connectivity index (χ1n) is 3.86. The Bertz CT molecular complexity index is 387. The quantitative estimate of drug-likeness (QED) is 0.880. The summed E-state index contributed by atoms with van der Waals surface area (Å²) in [7, 11) is 0. The van der Waals surface area contributed by atoms with E-state index < -0.39 is 6.04 Å². The number of nitriles is 1. The number of benzene rings is 1. The summed E-state index contributed by atoms with van der Waals surface area (Å²) in [6.07, 6.45) is 0.177. The summed E-state index contributed by atoms with van der Waals surface area (Å²) in [5, 5.41) is 18.2. The van der Waals surface area contributed by atoms with E-state index in [1.165, 1.54) is 0 Å². The van der Waals surface area contributed by atoms with E-state index in [4.69, 9.17) is 11.0 Å². The van der Waals surface area contributed by atoms with Crippen LogP contribution in [0.5, 0.6) is 5.75 Å². The lowest BCUT2D eigenvalue weighted by Crippen LogP contribution is -2.09. The Balaban J connectivity index is 3.14. The Hall–Kier alpha value is -0.570. The monoisotopic (exact) mass is 318 g/mol. The molecule has 1 rings (SSSR count). The van der Waals surface area contributed by atoms with Gasteiger partial charge >= 0.3 is 0 Å². The number of nitrogens with two attached hydrogens (primary N) is 1. The van der Waals surface area contributed by atoms with Crippen molar-refractivity contribution in [2.24, 2.45) is 5.73 Å². The number of aromatic hydroxyl groups is 1. The van der Waals surface area contributed by atoms with Crippen molar-refractivity contribution < 1.29 is 5.11 Å². The van der Waals surface area contributed by atoms with Crippen molar-refractivity contribution >= 4 is 31.9 Å². The molecule has 0 saturated heterocycles. The molecule has 0 heterocycles. The summed E-state index contributed by atoms with van der Waals surface area (Å²) >= 11 is 6.48. The molecule has 1 atom stereocenters. The fourth-order valence-electron chi connectivity index (χ4n) is 1.08. The topological polar surface area (TPSA) is 70.0 Å². The van der Waals surface area contributed by atoms with Gasteiger partial charge in [-0.25, -0.2) is 0 Å². The van der Waals surface area contributed by atoms with E-state index in [2.05, 4.69) is 31.9 Å². The number of nitrogens with zero attached hydrogens (tertiary/aromatic N) is 1. The van der Waals surface area contributed by atoms with Gasteiger partial charge in [0.2, 0.25) is 0 Å². The van der Waals surface area contributed by atoms with Crippen molar-refractivity contribution in [1.82, 2.24) is 0 Å². The maximum Gasteiger partial charge on any atom is 0.134 e. The molecule has 14 heavy (non-hydrogen) atoms. The predicted octanol–water partition coefficient (Wildman–Crippen LogP) is 2.83. The van der Waals surface area contributed by atoms with Crippen molar-refractivity contribution in [3.05, 3.63) is 26.6 Å². The Morgan fingerprint density at radius 2 is 2.14 bits per heavy atom. The van der Waals surface area contributed by atoms with Gasteiger partial charge in [0.1, 0.15) is 5.75 Å². The zero-order valence-electron chi connectivity index (χ0n) is 7.17. The molecule has 0 saturated carbocycles. The van der Waals surface area contributed by atoms with Gasteiger partial charge in [0, 0.05) is 16.1 Å². The van der Waals surface area contributed by atoms with E-state index in [9.17, 15) is 5.11 Å². The highest BCUT2D eigenvalue weighted by Crippen LogP contribution is 2.35. The first kappa shape index (κ1) is 11.5. The van der Waals surface area contributed by atoms with Gasteiger partial charge in [-0.05, 0) is 28.1 Å². The minimum atomic E-state index is -0.464. The van der Waals surface area contributed by atoms with Crippen LogP contribution in [0.4, 0.5) is 0 Å². The van der Waals surface area contributed by atoms with E-state index in [-0.39, 0.29) is 12.2 Å². The van der Waals surface area contributed by atoms with E-state index >= 15 is 0 Å². The molecular weight excluding hydrogens is 312 g/mol. The molecule has 0 fully saturated rings. The molecule has 0 bridgehead atoms. The molecule has 0 unspecified atom stereocenters. The molecule has 1 aromatic rings. The normalized spacial score (nSPS) is 12.1. The molecule has 0 aliphatic rings. The van der Waals surface area contributed by atoms with Crippen molar-refractivity contribution in [2.45, 2.75) is 12.5 Å². The third-order valence-corrected chi connectivity index (χ3v) is 2.83. The van der Waals surface area contributed by atoms with Crippen molar-refractivity contribution in [1.29, 1.82) is 5.26 Å². The van der Waals surface area contributed by atoms with Crippen LogP contribution in [0.3, 0.4) is 0 Å². The van der Waals surface area contributed by atoms with E-state index in [1.807, 2.05) is 6.07 Å². The van der Waals surface area contributed by atoms with Crippen LogP contribution in [0.15, 0.2) is 21.1 Å². The second kappa shape index (κ2) is 4.78. The molecule has 0 aliphatic carbocycles. The van der Waals surface area contributed by atoms with Crippen LogP contribution in [0.2, 0.25) is 0 Å². The minimum Gasteiger partial charge on any atom is -0.506 e. The van der Waals surface area contributed by atoms with Crippen LogP contribution in [0, 0.1) is 11.3 Å². The molecule has 0 aliphatic heterocycles. The van der Waals surface area contributed by atoms with Gasteiger partial charge < -0.3 is 10.8 Å². The molecule has 0 amide bonds. The SMILES string of the molecule is N#CC[C@@H](N)c1cc(Br)cc(Br)c1O. The van der Waals surface area contributed by atoms with Gasteiger partial charge in [-0.3, -0.25) is 0 Å². The number of hydrogen-bond donors (Lipinski definition) is 2. The molecule has 0 radical (unpaired) electrons. The van der Waals surface area contributed by atoms with Crippen molar-refractivity contribution in [2.75, 3.05) is 0 Å². The number of hydrogen-bond acceptors (Lipinski definition) is 3. The zero-order chi connectivity index (χ0) is 10.7. The van der Waals surface area contributed by atoms with Gasteiger partial charge in [-0.1, -0.05) is 15.9 Å². The Morgan fingerprint density at radius 3 is 2.71 bits per heavy atom. The van der Waals surface area contributed by atoms with Crippen molar-refractivity contribution in [3.8, 4) is 11.8 Å². The Morgan fingerprint density at radius 1 is 1.50 bits per heavy atom. The number of rotatable bonds is 2. The summed E-state index contributed by atoms with van der Waals surface area (Å²) in [4.78, 5) is 0. The lowest BCUT2D eigenvalue weighted by atomic mass is 10.0. The number of phenols is 1. The average Bonchev–Trinajstić information content (AvgIpc) is 2.11. The highest BCUT2D eigenvalue weighted by atomic mass is 79.9. The summed E-state index contributed by atoms with van der Waals surface area (Å²) in [6.45, 7) is 0. The summed E-state index contributed by atoms with van der Waals surface area (Å²) in [6, 6.07) is 4.93. The maximum absolute atomic E-state index is 9.66. The summed E-state index contributed by atoms with van der Waals surface area (Å²) < 4.78 is 1.38. The second-order valence-corrected chi connectivity index (χ2v) is 4.56. The lowest BCUT2D eigenvalue weighted by Gasteiger charge is -2.11. The fourth-order valence-corrected chi connectivity index (χ4v) is 2.34. The molecule has 3 nitrogen and oxygen atoms in total. The van der Waals surface area contributed by atoms with Crippen LogP contribution in [0.1, 0.15) is 18.0 Å². The standard InChI is InChI=1S/C9H8Br2N2O/c10-5-3-6(8(13)1-2-12)9(14)7(11)4-5/h3-4,8,14H,1,13H2/t8-/m1/s1. The first-order chi connectivity index (χ1) is 6.56. The van der Waals surface area contributed by atoms with E-state index in [1.54, 1.807) is 12.1 Å². The molecule has 1 aromatic carbocycles. The first-order valence-corrected chi connectivity index (χ1v) is 5.45. The van der Waals surface area contributed by atoms with Crippen LogP contribution in [0.25, 0.3) is 0 Å². The molecule has 74 valence electrons. The zero-order valence-corrected chi connectivity index (χ0v) is 10.3. The van der Waals surface area contributed by atoms with Gasteiger partial charge in [0.25, 0.3) is 0 Å². The minimum absolute atomic E-state index is 0.0935. The molecule has 0 aromatic heterocycles. The molecule has 3 N–H and O–H groups in total. The van der Waals surface area contributed by atoms with E-state index in [0.29, 0.717) is 10.0 Å². The third kappa shape index (κ3) is 2.47. The molecule has 0 spiro atoms. The van der Waals surface area contributed by atoms with Gasteiger partial charge in [-0.2, -0.15) is 5.26 Å². The average molecular weight is 320 g/mol.